The van der Waals surface area contributed by atoms with E-state index < -0.39 is 5.91 Å². The van der Waals surface area contributed by atoms with Gasteiger partial charge in [0.05, 0.1) is 5.02 Å². The van der Waals surface area contributed by atoms with Crippen LogP contribution in [-0.2, 0) is 6.61 Å². The van der Waals surface area contributed by atoms with Crippen LogP contribution in [0.4, 0.5) is 0 Å². The number of nitrogen functional groups attached to an aromatic ring is 1. The monoisotopic (exact) mass is 310 g/mol. The highest BCUT2D eigenvalue weighted by Crippen LogP contribution is 2.26. The highest BCUT2D eigenvalue weighted by atomic mass is 35.5. The van der Waals surface area contributed by atoms with Gasteiger partial charge >= 0.3 is 0 Å². The fourth-order valence-electron chi connectivity index (χ4n) is 1.58. The molecule has 0 heterocycles. The maximum absolute atomic E-state index is 11.3. The van der Waals surface area contributed by atoms with Crippen LogP contribution in [0, 0.1) is 0 Å². The summed E-state index contributed by atoms with van der Waals surface area (Å²) in [5.41, 5.74) is 3.38. The van der Waals surface area contributed by atoms with E-state index in [1.54, 1.807) is 24.3 Å². The summed E-state index contributed by atoms with van der Waals surface area (Å²) >= 11 is 11.9. The quantitative estimate of drug-likeness (QED) is 0.518. The van der Waals surface area contributed by atoms with Gasteiger partial charge in [0.2, 0.25) is 0 Å². The first-order valence-corrected chi connectivity index (χ1v) is 6.53. The number of carbonyl (C=O) groups excluding carboxylic acids is 1. The van der Waals surface area contributed by atoms with Gasteiger partial charge in [-0.3, -0.25) is 10.2 Å². The standard InChI is InChI=1S/C14H12Cl2N2O2/c15-11-4-1-9(2-5-11)8-20-13-6-3-10(7-12(13)16)14(19)18-17/h1-7H,8,17H2,(H,18,19). The molecule has 2 aromatic rings. The molecule has 104 valence electrons. The third-order valence-corrected chi connectivity index (χ3v) is 3.18. The Morgan fingerprint density at radius 1 is 1.15 bits per heavy atom. The van der Waals surface area contributed by atoms with Gasteiger partial charge in [-0.15, -0.1) is 0 Å². The van der Waals surface area contributed by atoms with Gasteiger partial charge in [-0.05, 0) is 35.9 Å². The molecule has 20 heavy (non-hydrogen) atoms. The molecule has 0 fully saturated rings. The van der Waals surface area contributed by atoms with Crippen LogP contribution in [0.25, 0.3) is 0 Å². The second-order valence-corrected chi connectivity index (χ2v) is 4.88. The van der Waals surface area contributed by atoms with E-state index in [1.165, 1.54) is 6.07 Å². The Hall–Kier alpha value is -1.75. The molecule has 0 aliphatic heterocycles. The van der Waals surface area contributed by atoms with Crippen LogP contribution in [-0.4, -0.2) is 5.91 Å². The highest BCUT2D eigenvalue weighted by Gasteiger charge is 2.08. The molecule has 4 nitrogen and oxygen atoms in total. The van der Waals surface area contributed by atoms with Crippen molar-refractivity contribution in [1.82, 2.24) is 5.43 Å². The van der Waals surface area contributed by atoms with Crippen LogP contribution in [0.2, 0.25) is 10.0 Å². The molecule has 0 bridgehead atoms. The van der Waals surface area contributed by atoms with Crippen molar-refractivity contribution in [3.05, 3.63) is 63.6 Å². The lowest BCUT2D eigenvalue weighted by Crippen LogP contribution is -2.29. The Labute approximate surface area is 126 Å². The Morgan fingerprint density at radius 2 is 1.85 bits per heavy atom. The normalized spacial score (nSPS) is 10.2. The highest BCUT2D eigenvalue weighted by molar-refractivity contribution is 6.32. The minimum Gasteiger partial charge on any atom is -0.487 e. The third kappa shape index (κ3) is 3.63. The van der Waals surface area contributed by atoms with Crippen molar-refractivity contribution in [2.45, 2.75) is 6.61 Å². The first-order valence-electron chi connectivity index (χ1n) is 5.78. The van der Waals surface area contributed by atoms with Gasteiger partial charge in [0.25, 0.3) is 5.91 Å². The second kappa shape index (κ2) is 6.61. The van der Waals surface area contributed by atoms with Crippen molar-refractivity contribution in [2.24, 2.45) is 5.84 Å². The molecule has 0 aliphatic carbocycles. The molecule has 0 spiro atoms. The maximum atomic E-state index is 11.3. The van der Waals surface area contributed by atoms with Gasteiger partial charge < -0.3 is 4.74 Å². The van der Waals surface area contributed by atoms with Crippen LogP contribution in [0.15, 0.2) is 42.5 Å². The number of ether oxygens (including phenoxy) is 1. The summed E-state index contributed by atoms with van der Waals surface area (Å²) in [4.78, 5) is 11.3. The zero-order valence-corrected chi connectivity index (χ0v) is 11.9. The van der Waals surface area contributed by atoms with Crippen LogP contribution < -0.4 is 16.0 Å². The molecule has 1 amide bonds. The van der Waals surface area contributed by atoms with Crippen molar-refractivity contribution in [1.29, 1.82) is 0 Å². The zero-order chi connectivity index (χ0) is 14.5. The van der Waals surface area contributed by atoms with E-state index in [1.807, 2.05) is 17.6 Å². The average molecular weight is 311 g/mol. The Kier molecular flexibility index (Phi) is 4.84. The molecule has 2 aromatic carbocycles. The van der Waals surface area contributed by atoms with E-state index >= 15 is 0 Å². The van der Waals surface area contributed by atoms with E-state index in [4.69, 9.17) is 33.8 Å². The zero-order valence-electron chi connectivity index (χ0n) is 10.4. The summed E-state index contributed by atoms with van der Waals surface area (Å²) in [7, 11) is 0. The molecule has 0 radical (unpaired) electrons. The molecule has 0 saturated carbocycles. The maximum Gasteiger partial charge on any atom is 0.265 e. The molecular weight excluding hydrogens is 299 g/mol. The van der Waals surface area contributed by atoms with Gasteiger partial charge in [0, 0.05) is 10.6 Å². The van der Waals surface area contributed by atoms with Crippen molar-refractivity contribution in [2.75, 3.05) is 0 Å². The van der Waals surface area contributed by atoms with E-state index in [0.29, 0.717) is 28.0 Å². The molecular formula is C14H12Cl2N2O2. The molecule has 2 rings (SSSR count). The topological polar surface area (TPSA) is 64.3 Å². The summed E-state index contributed by atoms with van der Waals surface area (Å²) in [6, 6.07) is 12.0. The summed E-state index contributed by atoms with van der Waals surface area (Å²) < 4.78 is 5.59. The van der Waals surface area contributed by atoms with Gasteiger partial charge in [-0.1, -0.05) is 35.3 Å². The predicted octanol–water partition coefficient (Wildman–Crippen LogP) is 3.18. The summed E-state index contributed by atoms with van der Waals surface area (Å²) in [5.74, 6) is 5.14. The van der Waals surface area contributed by atoms with Crippen molar-refractivity contribution in [3.8, 4) is 5.75 Å². The summed E-state index contributed by atoms with van der Waals surface area (Å²) in [6.07, 6.45) is 0. The van der Waals surface area contributed by atoms with Crippen molar-refractivity contribution >= 4 is 29.1 Å². The number of nitrogens with two attached hydrogens (primary N) is 1. The molecule has 0 unspecified atom stereocenters. The largest absolute Gasteiger partial charge is 0.487 e. The number of hydrogen-bond acceptors (Lipinski definition) is 3. The number of carbonyl (C=O) groups is 1. The molecule has 3 N–H and O–H groups in total. The fraction of sp³-hybridized carbons (Fsp3) is 0.0714. The van der Waals surface area contributed by atoms with E-state index in [0.717, 1.165) is 5.56 Å². The predicted molar refractivity (Wildman–Crippen MR) is 78.9 cm³/mol. The van der Waals surface area contributed by atoms with Crippen LogP contribution in [0.1, 0.15) is 15.9 Å². The van der Waals surface area contributed by atoms with E-state index in [9.17, 15) is 4.79 Å². The number of amides is 1. The summed E-state index contributed by atoms with van der Waals surface area (Å²) in [6.45, 7) is 0.360. The van der Waals surface area contributed by atoms with Gasteiger partial charge in [-0.2, -0.15) is 0 Å². The second-order valence-electron chi connectivity index (χ2n) is 4.03. The van der Waals surface area contributed by atoms with Crippen LogP contribution >= 0.6 is 23.2 Å². The number of benzene rings is 2. The van der Waals surface area contributed by atoms with Crippen molar-refractivity contribution in [3.63, 3.8) is 0 Å². The molecule has 0 aliphatic rings. The van der Waals surface area contributed by atoms with Gasteiger partial charge in [-0.25, -0.2) is 5.84 Å². The molecule has 0 saturated heterocycles. The minimum absolute atomic E-state index is 0.347. The average Bonchev–Trinajstić information content (AvgIpc) is 2.46. The first kappa shape index (κ1) is 14.7. The molecule has 0 atom stereocenters. The third-order valence-electron chi connectivity index (χ3n) is 2.63. The first-order chi connectivity index (χ1) is 9.60. The number of hydrazine groups is 1. The lowest BCUT2D eigenvalue weighted by Gasteiger charge is -2.09. The van der Waals surface area contributed by atoms with Gasteiger partial charge in [0.1, 0.15) is 12.4 Å². The molecule has 6 heteroatoms. The Balaban J connectivity index is 2.06. The minimum atomic E-state index is -0.406. The fourth-order valence-corrected chi connectivity index (χ4v) is 1.95. The summed E-state index contributed by atoms with van der Waals surface area (Å²) in [5, 5.41) is 1.02. The molecule has 0 aromatic heterocycles. The number of rotatable bonds is 4. The SMILES string of the molecule is NNC(=O)c1ccc(OCc2ccc(Cl)cc2)c(Cl)c1. The van der Waals surface area contributed by atoms with Crippen LogP contribution in [0.3, 0.4) is 0 Å². The lowest BCUT2D eigenvalue weighted by atomic mass is 10.2. The van der Waals surface area contributed by atoms with Crippen molar-refractivity contribution < 1.29 is 9.53 Å². The van der Waals surface area contributed by atoms with Crippen LogP contribution in [0.5, 0.6) is 5.75 Å². The van der Waals surface area contributed by atoms with E-state index in [2.05, 4.69) is 0 Å². The lowest BCUT2D eigenvalue weighted by molar-refractivity contribution is 0.0953. The Bertz CT molecular complexity index is 615. The number of halogens is 2. The van der Waals surface area contributed by atoms with E-state index in [-0.39, 0.29) is 0 Å². The Morgan fingerprint density at radius 3 is 2.45 bits per heavy atom. The van der Waals surface area contributed by atoms with Gasteiger partial charge in [0.15, 0.2) is 0 Å². The number of nitrogens with one attached hydrogen (secondary N) is 1. The smallest absolute Gasteiger partial charge is 0.265 e. The number of hydrogen-bond donors (Lipinski definition) is 2.